The number of hydrogen-bond acceptors (Lipinski definition) is 4. The van der Waals surface area contributed by atoms with Gasteiger partial charge in [-0.15, -0.1) is 0 Å². The van der Waals surface area contributed by atoms with Gasteiger partial charge in [0.25, 0.3) is 0 Å². The third-order valence-corrected chi connectivity index (χ3v) is 2.43. The Morgan fingerprint density at radius 3 is 2.53 bits per heavy atom. The fourth-order valence-corrected chi connectivity index (χ4v) is 1.71. The van der Waals surface area contributed by atoms with Crippen LogP contribution in [-0.4, -0.2) is 25.2 Å². The molecule has 1 aromatic carbocycles. The number of pyridine rings is 1. The van der Waals surface area contributed by atoms with Crippen molar-refractivity contribution in [1.82, 2.24) is 15.0 Å². The highest BCUT2D eigenvalue weighted by Crippen LogP contribution is 2.27. The lowest BCUT2D eigenvalue weighted by molar-refractivity contribution is 0.451. The molecule has 0 spiro atoms. The molecular weight excluding hydrogens is 218 g/mol. The number of fused-ring (bicyclic) bond motifs is 1. The van der Waals surface area contributed by atoms with Crippen molar-refractivity contribution in [3.8, 4) is 22.9 Å². The van der Waals surface area contributed by atoms with E-state index in [-0.39, 0.29) is 11.5 Å². The van der Waals surface area contributed by atoms with Crippen LogP contribution in [0.1, 0.15) is 0 Å². The molecule has 0 saturated carbocycles. The van der Waals surface area contributed by atoms with Crippen molar-refractivity contribution in [1.29, 1.82) is 0 Å². The largest absolute Gasteiger partial charge is 0.508 e. The van der Waals surface area contributed by atoms with E-state index in [1.807, 2.05) is 12.1 Å². The fraction of sp³-hybridized carbons (Fsp3) is 0. The van der Waals surface area contributed by atoms with E-state index in [4.69, 9.17) is 0 Å². The van der Waals surface area contributed by atoms with Gasteiger partial charge in [-0.2, -0.15) is 0 Å². The molecule has 2 aromatic heterocycles. The zero-order chi connectivity index (χ0) is 11.8. The number of H-pyrrole nitrogens is 1. The van der Waals surface area contributed by atoms with Crippen molar-refractivity contribution in [2.24, 2.45) is 0 Å². The fourth-order valence-electron chi connectivity index (χ4n) is 1.71. The molecule has 3 N–H and O–H groups in total. The summed E-state index contributed by atoms with van der Waals surface area (Å²) < 4.78 is 0. The minimum absolute atomic E-state index is 0.00610. The van der Waals surface area contributed by atoms with Gasteiger partial charge in [0.2, 0.25) is 0 Å². The minimum atomic E-state index is -0.00610. The van der Waals surface area contributed by atoms with Gasteiger partial charge in [0.05, 0.1) is 5.52 Å². The van der Waals surface area contributed by atoms with Gasteiger partial charge < -0.3 is 15.2 Å². The number of aromatic hydroxyl groups is 2. The number of rotatable bonds is 1. The molecule has 0 amide bonds. The molecule has 84 valence electrons. The first kappa shape index (κ1) is 9.65. The molecule has 3 aromatic rings. The Bertz CT molecular complexity index is 638. The van der Waals surface area contributed by atoms with E-state index in [0.717, 1.165) is 5.52 Å². The van der Waals surface area contributed by atoms with Gasteiger partial charge in [0.15, 0.2) is 5.65 Å². The zero-order valence-corrected chi connectivity index (χ0v) is 8.75. The average molecular weight is 227 g/mol. The van der Waals surface area contributed by atoms with Crippen LogP contribution in [0.25, 0.3) is 22.6 Å². The second-order valence-corrected chi connectivity index (χ2v) is 3.70. The maximum absolute atomic E-state index is 9.41. The van der Waals surface area contributed by atoms with Crippen molar-refractivity contribution in [3.05, 3.63) is 36.5 Å². The van der Waals surface area contributed by atoms with Crippen LogP contribution in [0, 0.1) is 0 Å². The molecule has 5 nitrogen and oxygen atoms in total. The molecule has 0 aliphatic rings. The Morgan fingerprint density at radius 2 is 1.82 bits per heavy atom. The summed E-state index contributed by atoms with van der Waals surface area (Å²) in [6.45, 7) is 0. The van der Waals surface area contributed by atoms with Gasteiger partial charge in [0.1, 0.15) is 17.3 Å². The number of phenols is 2. The lowest BCUT2D eigenvalue weighted by Crippen LogP contribution is -1.80. The first-order valence-corrected chi connectivity index (χ1v) is 5.06. The van der Waals surface area contributed by atoms with Crippen molar-refractivity contribution in [2.75, 3.05) is 0 Å². The number of phenolic OH excluding ortho intramolecular Hbond substituents is 2. The van der Waals surface area contributed by atoms with Crippen molar-refractivity contribution < 1.29 is 10.2 Å². The average Bonchev–Trinajstić information content (AvgIpc) is 2.71. The van der Waals surface area contributed by atoms with E-state index in [1.165, 1.54) is 18.2 Å². The highest BCUT2D eigenvalue weighted by Gasteiger charge is 2.07. The molecule has 0 saturated heterocycles. The molecule has 0 aliphatic carbocycles. The van der Waals surface area contributed by atoms with Gasteiger partial charge in [-0.3, -0.25) is 0 Å². The summed E-state index contributed by atoms with van der Waals surface area (Å²) in [6.07, 6.45) is 1.66. The Labute approximate surface area is 96.4 Å². The maximum Gasteiger partial charge on any atom is 0.178 e. The highest BCUT2D eigenvalue weighted by molar-refractivity contribution is 5.76. The summed E-state index contributed by atoms with van der Waals surface area (Å²) in [7, 11) is 0. The second kappa shape index (κ2) is 3.48. The lowest BCUT2D eigenvalue weighted by Gasteiger charge is -1.99. The van der Waals surface area contributed by atoms with Crippen LogP contribution in [0.2, 0.25) is 0 Å². The van der Waals surface area contributed by atoms with Gasteiger partial charge in [-0.25, -0.2) is 9.97 Å². The molecule has 2 heterocycles. The summed E-state index contributed by atoms with van der Waals surface area (Å²) in [5.41, 5.74) is 2.02. The quantitative estimate of drug-likeness (QED) is 0.594. The summed E-state index contributed by atoms with van der Waals surface area (Å²) in [6, 6.07) is 7.99. The van der Waals surface area contributed by atoms with E-state index >= 15 is 0 Å². The van der Waals surface area contributed by atoms with Crippen molar-refractivity contribution in [3.63, 3.8) is 0 Å². The highest BCUT2D eigenvalue weighted by atomic mass is 16.3. The van der Waals surface area contributed by atoms with Crippen LogP contribution < -0.4 is 0 Å². The van der Waals surface area contributed by atoms with Gasteiger partial charge in [0, 0.05) is 17.8 Å². The lowest BCUT2D eigenvalue weighted by atomic mass is 10.2. The third-order valence-electron chi connectivity index (χ3n) is 2.43. The number of aromatic nitrogens is 3. The number of nitrogens with zero attached hydrogens (tertiary/aromatic N) is 2. The van der Waals surface area contributed by atoms with Crippen LogP contribution in [0.4, 0.5) is 0 Å². The Kier molecular flexibility index (Phi) is 1.98. The second-order valence-electron chi connectivity index (χ2n) is 3.70. The molecule has 17 heavy (non-hydrogen) atoms. The van der Waals surface area contributed by atoms with Gasteiger partial charge >= 0.3 is 0 Å². The zero-order valence-electron chi connectivity index (χ0n) is 8.75. The van der Waals surface area contributed by atoms with Crippen LogP contribution in [0.15, 0.2) is 36.5 Å². The Balaban J connectivity index is 2.20. The number of benzene rings is 1. The summed E-state index contributed by atoms with van der Waals surface area (Å²) in [5.74, 6) is 0.548. The molecule has 0 aliphatic heterocycles. The molecule has 5 heteroatoms. The third kappa shape index (κ3) is 1.67. The maximum atomic E-state index is 9.41. The van der Waals surface area contributed by atoms with E-state index in [2.05, 4.69) is 15.0 Å². The summed E-state index contributed by atoms with van der Waals surface area (Å²) in [4.78, 5) is 11.5. The van der Waals surface area contributed by atoms with Crippen LogP contribution in [0.3, 0.4) is 0 Å². The predicted molar refractivity (Wildman–Crippen MR) is 62.7 cm³/mol. The smallest absolute Gasteiger partial charge is 0.178 e. The number of aromatic amines is 1. The summed E-state index contributed by atoms with van der Waals surface area (Å²) in [5, 5.41) is 18.8. The first-order valence-electron chi connectivity index (χ1n) is 5.06. The molecule has 0 bridgehead atoms. The van der Waals surface area contributed by atoms with Gasteiger partial charge in [-0.1, -0.05) is 0 Å². The van der Waals surface area contributed by atoms with Crippen LogP contribution in [-0.2, 0) is 0 Å². The molecule has 3 rings (SSSR count). The predicted octanol–water partition coefficient (Wildman–Crippen LogP) is 2.04. The van der Waals surface area contributed by atoms with Crippen LogP contribution in [0.5, 0.6) is 11.5 Å². The Morgan fingerprint density at radius 1 is 1.06 bits per heavy atom. The van der Waals surface area contributed by atoms with Gasteiger partial charge in [-0.05, 0) is 24.3 Å². The van der Waals surface area contributed by atoms with E-state index in [9.17, 15) is 10.2 Å². The molecule has 0 fully saturated rings. The molecule has 0 radical (unpaired) electrons. The molecule has 0 unspecified atom stereocenters. The summed E-state index contributed by atoms with van der Waals surface area (Å²) >= 11 is 0. The van der Waals surface area contributed by atoms with Crippen molar-refractivity contribution in [2.45, 2.75) is 0 Å². The first-order chi connectivity index (χ1) is 8.22. The van der Waals surface area contributed by atoms with Crippen LogP contribution >= 0.6 is 0 Å². The number of hydrogen-bond donors (Lipinski definition) is 3. The van der Waals surface area contributed by atoms with E-state index in [1.54, 1.807) is 6.20 Å². The minimum Gasteiger partial charge on any atom is -0.508 e. The molecule has 0 atom stereocenters. The number of nitrogens with one attached hydrogen (secondary N) is 1. The normalized spacial score (nSPS) is 10.8. The van der Waals surface area contributed by atoms with Crippen molar-refractivity contribution >= 4 is 11.2 Å². The molecular formula is C12H9N3O2. The number of imidazole rings is 1. The van der Waals surface area contributed by atoms with E-state index < -0.39 is 0 Å². The Hall–Kier alpha value is -2.56. The topological polar surface area (TPSA) is 82.0 Å². The van der Waals surface area contributed by atoms with E-state index in [0.29, 0.717) is 17.0 Å². The monoisotopic (exact) mass is 227 g/mol. The standard InChI is InChI=1S/C12H9N3O2/c16-8-4-7(5-9(17)6-8)11-14-10-2-1-3-13-12(10)15-11/h1-6,16-17H,(H,13,14,15). The SMILES string of the molecule is Oc1cc(O)cc(-c2nc3ncccc3[nH]2)c1.